The number of anilines is 1. The van der Waals surface area contributed by atoms with Crippen LogP contribution in [0, 0.1) is 5.92 Å². The Morgan fingerprint density at radius 3 is 2.51 bits per heavy atom. The number of carbonyl (C=O) groups is 1. The van der Waals surface area contributed by atoms with Gasteiger partial charge in [0.1, 0.15) is 11.2 Å². The molecule has 2 aromatic carbocycles. The molecule has 3 aromatic rings. The van der Waals surface area contributed by atoms with E-state index in [2.05, 4.69) is 24.1 Å². The summed E-state index contributed by atoms with van der Waals surface area (Å²) in [6, 6.07) is 15.0. The monoisotopic (exact) mass is 498 g/mol. The van der Waals surface area contributed by atoms with Gasteiger partial charge >= 0.3 is 6.09 Å². The molecule has 6 nitrogen and oxygen atoms in total. The molecule has 35 heavy (non-hydrogen) atoms. The van der Waals surface area contributed by atoms with E-state index < -0.39 is 11.7 Å². The number of rotatable bonds is 9. The highest BCUT2D eigenvalue weighted by Gasteiger charge is 2.22. The summed E-state index contributed by atoms with van der Waals surface area (Å²) in [5.74, 6) is 0.887. The molecular weight excluding hydrogens is 464 g/mol. The Morgan fingerprint density at radius 1 is 1.14 bits per heavy atom. The number of fused-ring (bicyclic) bond motifs is 1. The second kappa shape index (κ2) is 11.6. The smallest absolute Gasteiger partial charge is 0.407 e. The molecule has 0 spiro atoms. The topological polar surface area (TPSA) is 71.8 Å². The maximum atomic E-state index is 13.6. The highest BCUT2D eigenvalue weighted by molar-refractivity contribution is 6.31. The van der Waals surface area contributed by atoms with E-state index in [1.165, 1.54) is 0 Å². The first-order valence-electron chi connectivity index (χ1n) is 12.0. The van der Waals surface area contributed by atoms with Crippen molar-refractivity contribution in [2.24, 2.45) is 5.92 Å². The van der Waals surface area contributed by atoms with Crippen LogP contribution >= 0.6 is 11.6 Å². The maximum Gasteiger partial charge on any atom is 0.407 e. The largest absolute Gasteiger partial charge is 0.444 e. The van der Waals surface area contributed by atoms with Crippen LogP contribution in [0.1, 0.15) is 52.2 Å². The molecule has 0 radical (unpaired) electrons. The number of nitrogens with zero attached hydrogens (tertiary/aromatic N) is 1. The number of carbonyl (C=O) groups excluding carboxylic acids is 1. The summed E-state index contributed by atoms with van der Waals surface area (Å²) < 4.78 is 11.7. The first-order valence-corrected chi connectivity index (χ1v) is 12.4. The van der Waals surface area contributed by atoms with Crippen LogP contribution in [0.5, 0.6) is 0 Å². The Labute approximate surface area is 212 Å². The molecule has 0 aliphatic carbocycles. The predicted molar refractivity (Wildman–Crippen MR) is 143 cm³/mol. The lowest BCUT2D eigenvalue weighted by Crippen LogP contribution is -2.36. The third kappa shape index (κ3) is 7.76. The quantitative estimate of drug-likeness (QED) is 0.345. The zero-order chi connectivity index (χ0) is 25.6. The van der Waals surface area contributed by atoms with Gasteiger partial charge in [0.25, 0.3) is 0 Å². The summed E-state index contributed by atoms with van der Waals surface area (Å²) in [6.07, 6.45) is 0.681. The Morgan fingerprint density at radius 2 is 1.86 bits per heavy atom. The molecule has 3 rings (SSSR count). The summed E-state index contributed by atoms with van der Waals surface area (Å²) in [4.78, 5) is 27.7. The Hall–Kier alpha value is -2.99. The van der Waals surface area contributed by atoms with Gasteiger partial charge in [0, 0.05) is 37.1 Å². The third-order valence-electron chi connectivity index (χ3n) is 5.30. The first-order chi connectivity index (χ1) is 16.5. The highest BCUT2D eigenvalue weighted by Crippen LogP contribution is 2.28. The van der Waals surface area contributed by atoms with Crippen molar-refractivity contribution in [3.05, 3.63) is 74.9 Å². The molecule has 188 valence electrons. The average molecular weight is 499 g/mol. The minimum Gasteiger partial charge on any atom is -0.444 e. The summed E-state index contributed by atoms with van der Waals surface area (Å²) >= 11 is 6.21. The number of ether oxygens (including phenoxy) is 1. The fourth-order valence-electron chi connectivity index (χ4n) is 3.90. The molecule has 0 saturated heterocycles. The van der Waals surface area contributed by atoms with Gasteiger partial charge in [-0.05, 0) is 50.8 Å². The van der Waals surface area contributed by atoms with E-state index in [9.17, 15) is 9.59 Å². The molecule has 0 aliphatic rings. The number of halogens is 1. The van der Waals surface area contributed by atoms with Crippen molar-refractivity contribution >= 4 is 34.5 Å². The molecule has 0 fully saturated rings. The van der Waals surface area contributed by atoms with Gasteiger partial charge in [0.15, 0.2) is 5.43 Å². The van der Waals surface area contributed by atoms with Crippen molar-refractivity contribution in [1.29, 1.82) is 0 Å². The molecule has 0 aliphatic heterocycles. The average Bonchev–Trinajstić information content (AvgIpc) is 2.77. The normalized spacial score (nSPS) is 11.6. The number of hydrogen-bond acceptors (Lipinski definition) is 5. The van der Waals surface area contributed by atoms with Crippen molar-refractivity contribution in [2.45, 2.75) is 53.1 Å². The number of nitrogens with one attached hydrogen (secondary N) is 1. The SMILES string of the molecule is CC(C)CN(CCCNC(=O)OC(C)(C)C)c1oc2cc(Cl)ccc2c(=O)c1Cc1ccccc1. The Bertz CT molecular complexity index is 1200. The summed E-state index contributed by atoms with van der Waals surface area (Å²) in [5.41, 5.74) is 1.52. The number of amides is 1. The van der Waals surface area contributed by atoms with E-state index in [1.807, 2.05) is 51.1 Å². The summed E-state index contributed by atoms with van der Waals surface area (Å²) in [5, 5.41) is 3.83. The molecule has 1 N–H and O–H groups in total. The molecule has 7 heteroatoms. The van der Waals surface area contributed by atoms with E-state index in [0.29, 0.717) is 65.8 Å². The van der Waals surface area contributed by atoms with Gasteiger partial charge in [-0.25, -0.2) is 4.79 Å². The Balaban J connectivity index is 1.92. The van der Waals surface area contributed by atoms with Gasteiger partial charge in [-0.3, -0.25) is 4.79 Å². The second-order valence-electron chi connectivity index (χ2n) is 10.1. The van der Waals surface area contributed by atoms with E-state index in [4.69, 9.17) is 20.8 Å². The van der Waals surface area contributed by atoms with E-state index in [0.717, 1.165) is 5.56 Å². The lowest BCUT2D eigenvalue weighted by molar-refractivity contribution is 0.0527. The molecule has 1 aromatic heterocycles. The second-order valence-corrected chi connectivity index (χ2v) is 10.6. The molecule has 0 unspecified atom stereocenters. The zero-order valence-electron chi connectivity index (χ0n) is 21.2. The zero-order valence-corrected chi connectivity index (χ0v) is 21.9. The van der Waals surface area contributed by atoms with Gasteiger partial charge in [-0.15, -0.1) is 0 Å². The standard InChI is InChI=1S/C28H35ClN2O4/c1-19(2)18-31(15-9-14-30-27(33)35-28(3,4)5)26-23(16-20-10-7-6-8-11-20)25(32)22-13-12-21(29)17-24(22)34-26/h6-8,10-13,17,19H,9,14-16,18H2,1-5H3,(H,30,33). The maximum absolute atomic E-state index is 13.6. The third-order valence-corrected chi connectivity index (χ3v) is 5.53. The van der Waals surface area contributed by atoms with Crippen molar-refractivity contribution < 1.29 is 13.9 Å². The van der Waals surface area contributed by atoms with Gasteiger partial charge < -0.3 is 19.4 Å². The van der Waals surface area contributed by atoms with Crippen LogP contribution < -0.4 is 15.6 Å². The lowest BCUT2D eigenvalue weighted by Gasteiger charge is -2.27. The van der Waals surface area contributed by atoms with Crippen molar-refractivity contribution in [1.82, 2.24) is 5.32 Å². The summed E-state index contributed by atoms with van der Waals surface area (Å²) in [6.45, 7) is 11.5. The van der Waals surface area contributed by atoms with Gasteiger partial charge in [0.2, 0.25) is 5.88 Å². The fraction of sp³-hybridized carbons (Fsp3) is 0.429. The lowest BCUT2D eigenvalue weighted by atomic mass is 10.0. The van der Waals surface area contributed by atoms with Crippen molar-refractivity contribution in [3.8, 4) is 0 Å². The first kappa shape index (κ1) is 26.6. The minimum atomic E-state index is -0.546. The highest BCUT2D eigenvalue weighted by atomic mass is 35.5. The van der Waals surface area contributed by atoms with E-state index in [1.54, 1.807) is 18.2 Å². The molecule has 1 amide bonds. The predicted octanol–water partition coefficient (Wildman–Crippen LogP) is 6.41. The van der Waals surface area contributed by atoms with E-state index >= 15 is 0 Å². The number of alkyl carbamates (subject to hydrolysis) is 1. The number of benzene rings is 2. The van der Waals surface area contributed by atoms with E-state index in [-0.39, 0.29) is 5.43 Å². The fourth-order valence-corrected chi connectivity index (χ4v) is 4.06. The molecule has 0 saturated carbocycles. The van der Waals surface area contributed by atoms with Crippen LogP contribution in [-0.2, 0) is 11.2 Å². The Kier molecular flexibility index (Phi) is 8.84. The van der Waals surface area contributed by atoms with Crippen LogP contribution in [0.2, 0.25) is 5.02 Å². The molecule has 0 atom stereocenters. The van der Waals surface area contributed by atoms with Crippen molar-refractivity contribution in [3.63, 3.8) is 0 Å². The van der Waals surface area contributed by atoms with Crippen molar-refractivity contribution in [2.75, 3.05) is 24.5 Å². The number of hydrogen-bond donors (Lipinski definition) is 1. The molecule has 0 bridgehead atoms. The van der Waals surface area contributed by atoms with Gasteiger partial charge in [0.05, 0.1) is 10.9 Å². The van der Waals surface area contributed by atoms with Crippen LogP contribution in [-0.4, -0.2) is 31.3 Å². The van der Waals surface area contributed by atoms with Gasteiger partial charge in [-0.2, -0.15) is 0 Å². The van der Waals surface area contributed by atoms with Gasteiger partial charge in [-0.1, -0.05) is 55.8 Å². The van der Waals surface area contributed by atoms with Crippen LogP contribution in [0.15, 0.2) is 57.7 Å². The van der Waals surface area contributed by atoms with Crippen LogP contribution in [0.3, 0.4) is 0 Å². The van der Waals surface area contributed by atoms with Crippen LogP contribution in [0.25, 0.3) is 11.0 Å². The minimum absolute atomic E-state index is 0.0533. The molecular formula is C28H35ClN2O4. The molecule has 1 heterocycles. The summed E-state index contributed by atoms with van der Waals surface area (Å²) in [7, 11) is 0. The van der Waals surface area contributed by atoms with Crippen LogP contribution in [0.4, 0.5) is 10.7 Å².